The second kappa shape index (κ2) is 7.91. The summed E-state index contributed by atoms with van der Waals surface area (Å²) in [6.45, 7) is 0.565. The van der Waals surface area contributed by atoms with Crippen LogP contribution in [0.3, 0.4) is 0 Å². The predicted octanol–water partition coefficient (Wildman–Crippen LogP) is 2.05. The van der Waals surface area contributed by atoms with Crippen molar-refractivity contribution >= 4 is 29.3 Å². The van der Waals surface area contributed by atoms with Crippen molar-refractivity contribution in [2.75, 3.05) is 12.3 Å². The summed E-state index contributed by atoms with van der Waals surface area (Å²) in [6.07, 6.45) is 2.12. The van der Waals surface area contributed by atoms with Crippen LogP contribution in [0.15, 0.2) is 30.6 Å². The van der Waals surface area contributed by atoms with E-state index in [0.29, 0.717) is 18.7 Å². The summed E-state index contributed by atoms with van der Waals surface area (Å²) >= 11 is 7.39. The van der Waals surface area contributed by atoms with Gasteiger partial charge in [-0.1, -0.05) is 23.7 Å². The Kier molecular flexibility index (Phi) is 5.88. The molecule has 0 atom stereocenters. The Balaban J connectivity index is 1.59. The first-order chi connectivity index (χ1) is 9.74. The van der Waals surface area contributed by atoms with Crippen LogP contribution in [-0.2, 0) is 17.0 Å². The maximum atomic E-state index is 11.6. The number of hydrogen-bond donors (Lipinski definition) is 2. The van der Waals surface area contributed by atoms with Crippen LogP contribution < -0.4 is 5.32 Å². The van der Waals surface area contributed by atoms with Crippen molar-refractivity contribution in [2.24, 2.45) is 0 Å². The van der Waals surface area contributed by atoms with Crippen LogP contribution in [0.25, 0.3) is 0 Å². The molecule has 0 aliphatic carbocycles. The fraction of sp³-hybridized carbons (Fsp3) is 0.308. The van der Waals surface area contributed by atoms with Crippen molar-refractivity contribution < 1.29 is 4.79 Å². The molecule has 0 fully saturated rings. The normalized spacial score (nSPS) is 10.4. The summed E-state index contributed by atoms with van der Waals surface area (Å²) in [5, 5.41) is 10.1. The largest absolute Gasteiger partial charge is 0.355 e. The number of carbonyl (C=O) groups excluding carboxylic acids is 1. The van der Waals surface area contributed by atoms with Crippen molar-refractivity contribution in [3.8, 4) is 0 Å². The maximum absolute atomic E-state index is 11.6. The molecular weight excluding hydrogens is 296 g/mol. The molecule has 106 valence electrons. The van der Waals surface area contributed by atoms with E-state index in [1.807, 2.05) is 24.3 Å². The standard InChI is InChI=1S/C13H15ClN4OS/c14-11-3-1-10(2-4-11)7-20-8-13(19)15-6-5-12-16-9-17-18-12/h1-4,9H,5-8H2,(H,15,19)(H,16,17,18). The third kappa shape index (κ3) is 5.22. The second-order valence-corrected chi connectivity index (χ2v) is 5.57. The van der Waals surface area contributed by atoms with Gasteiger partial charge in [0.2, 0.25) is 5.91 Å². The lowest BCUT2D eigenvalue weighted by atomic mass is 10.2. The maximum Gasteiger partial charge on any atom is 0.230 e. The number of carbonyl (C=O) groups is 1. The highest BCUT2D eigenvalue weighted by molar-refractivity contribution is 7.99. The molecule has 0 aliphatic rings. The van der Waals surface area contributed by atoms with Gasteiger partial charge in [0, 0.05) is 23.7 Å². The molecule has 2 rings (SSSR count). The fourth-order valence-corrected chi connectivity index (χ4v) is 2.51. The first-order valence-corrected chi connectivity index (χ1v) is 7.70. The molecular formula is C13H15ClN4OS. The Morgan fingerprint density at radius 3 is 2.85 bits per heavy atom. The molecule has 0 saturated carbocycles. The molecule has 2 aromatic rings. The van der Waals surface area contributed by atoms with E-state index in [1.165, 1.54) is 6.33 Å². The highest BCUT2D eigenvalue weighted by atomic mass is 35.5. The number of benzene rings is 1. The van der Waals surface area contributed by atoms with Gasteiger partial charge in [0.05, 0.1) is 5.75 Å². The van der Waals surface area contributed by atoms with E-state index in [4.69, 9.17) is 11.6 Å². The van der Waals surface area contributed by atoms with Gasteiger partial charge in [0.15, 0.2) is 0 Å². The molecule has 20 heavy (non-hydrogen) atoms. The van der Waals surface area contributed by atoms with Crippen LogP contribution >= 0.6 is 23.4 Å². The van der Waals surface area contributed by atoms with E-state index in [-0.39, 0.29) is 5.91 Å². The lowest BCUT2D eigenvalue weighted by Crippen LogP contribution is -2.27. The molecule has 1 aromatic heterocycles. The van der Waals surface area contributed by atoms with Crippen LogP contribution in [0, 0.1) is 0 Å². The number of H-pyrrole nitrogens is 1. The van der Waals surface area contributed by atoms with E-state index < -0.39 is 0 Å². The summed E-state index contributed by atoms with van der Waals surface area (Å²) in [5.41, 5.74) is 1.16. The van der Waals surface area contributed by atoms with E-state index in [1.54, 1.807) is 11.8 Å². The van der Waals surface area contributed by atoms with Gasteiger partial charge >= 0.3 is 0 Å². The molecule has 0 saturated heterocycles. The second-order valence-electron chi connectivity index (χ2n) is 4.15. The zero-order valence-electron chi connectivity index (χ0n) is 10.8. The van der Waals surface area contributed by atoms with Gasteiger partial charge in [0.1, 0.15) is 12.2 Å². The van der Waals surface area contributed by atoms with E-state index >= 15 is 0 Å². The molecule has 5 nitrogen and oxygen atoms in total. The van der Waals surface area contributed by atoms with Gasteiger partial charge in [-0.05, 0) is 17.7 Å². The predicted molar refractivity (Wildman–Crippen MR) is 80.7 cm³/mol. The Bertz CT molecular complexity index is 530. The number of aromatic nitrogens is 3. The molecule has 0 radical (unpaired) electrons. The van der Waals surface area contributed by atoms with Crippen molar-refractivity contribution in [3.05, 3.63) is 47.0 Å². The summed E-state index contributed by atoms with van der Waals surface area (Å²) in [4.78, 5) is 15.6. The van der Waals surface area contributed by atoms with Crippen molar-refractivity contribution in [1.29, 1.82) is 0 Å². The van der Waals surface area contributed by atoms with E-state index in [0.717, 1.165) is 22.2 Å². The minimum atomic E-state index is 0.0310. The van der Waals surface area contributed by atoms with Gasteiger partial charge in [0.25, 0.3) is 0 Å². The summed E-state index contributed by atoms with van der Waals surface area (Å²) in [7, 11) is 0. The minimum Gasteiger partial charge on any atom is -0.355 e. The lowest BCUT2D eigenvalue weighted by Gasteiger charge is -2.04. The summed E-state index contributed by atoms with van der Waals surface area (Å²) in [5.74, 6) is 2.05. The summed E-state index contributed by atoms with van der Waals surface area (Å²) < 4.78 is 0. The average molecular weight is 311 g/mol. The molecule has 0 unspecified atom stereocenters. The lowest BCUT2D eigenvalue weighted by molar-refractivity contribution is -0.118. The number of thioether (sulfide) groups is 1. The number of halogens is 1. The van der Waals surface area contributed by atoms with Gasteiger partial charge < -0.3 is 5.32 Å². The molecule has 1 amide bonds. The van der Waals surface area contributed by atoms with Crippen molar-refractivity contribution in [3.63, 3.8) is 0 Å². The molecule has 1 aromatic carbocycles. The topological polar surface area (TPSA) is 70.7 Å². The molecule has 0 aliphatic heterocycles. The average Bonchev–Trinajstić information content (AvgIpc) is 2.94. The quantitative estimate of drug-likeness (QED) is 0.821. The minimum absolute atomic E-state index is 0.0310. The molecule has 1 heterocycles. The number of rotatable bonds is 7. The Labute approximate surface area is 126 Å². The Morgan fingerprint density at radius 1 is 1.35 bits per heavy atom. The smallest absolute Gasteiger partial charge is 0.230 e. The van der Waals surface area contributed by atoms with E-state index in [2.05, 4.69) is 20.5 Å². The van der Waals surface area contributed by atoms with Crippen LogP contribution in [-0.4, -0.2) is 33.4 Å². The SMILES string of the molecule is O=C(CSCc1ccc(Cl)cc1)NCCc1ncn[nH]1. The van der Waals surface area contributed by atoms with Crippen molar-refractivity contribution in [2.45, 2.75) is 12.2 Å². The van der Waals surface area contributed by atoms with Gasteiger partial charge in [-0.2, -0.15) is 5.10 Å². The first kappa shape index (κ1) is 14.9. The third-order valence-electron chi connectivity index (χ3n) is 2.56. The Hall–Kier alpha value is -1.53. The van der Waals surface area contributed by atoms with Gasteiger partial charge in [-0.25, -0.2) is 4.98 Å². The van der Waals surface area contributed by atoms with Crippen LogP contribution in [0.5, 0.6) is 0 Å². The molecule has 2 N–H and O–H groups in total. The highest BCUT2D eigenvalue weighted by Gasteiger charge is 2.02. The fourth-order valence-electron chi connectivity index (χ4n) is 1.56. The number of hydrogen-bond acceptors (Lipinski definition) is 4. The molecule has 0 bridgehead atoms. The monoisotopic (exact) mass is 310 g/mol. The van der Waals surface area contributed by atoms with Gasteiger partial charge in [-0.15, -0.1) is 11.8 Å². The number of nitrogens with one attached hydrogen (secondary N) is 2. The number of nitrogens with zero attached hydrogens (tertiary/aromatic N) is 2. The zero-order chi connectivity index (χ0) is 14.2. The van der Waals surface area contributed by atoms with E-state index in [9.17, 15) is 4.79 Å². The first-order valence-electron chi connectivity index (χ1n) is 6.17. The van der Waals surface area contributed by atoms with Crippen LogP contribution in [0.4, 0.5) is 0 Å². The highest BCUT2D eigenvalue weighted by Crippen LogP contribution is 2.15. The molecule has 7 heteroatoms. The van der Waals surface area contributed by atoms with Crippen LogP contribution in [0.1, 0.15) is 11.4 Å². The van der Waals surface area contributed by atoms with Crippen molar-refractivity contribution in [1.82, 2.24) is 20.5 Å². The molecule has 0 spiro atoms. The Morgan fingerprint density at radius 2 is 2.15 bits per heavy atom. The number of aromatic amines is 1. The third-order valence-corrected chi connectivity index (χ3v) is 3.82. The zero-order valence-corrected chi connectivity index (χ0v) is 12.4. The van der Waals surface area contributed by atoms with Crippen LogP contribution in [0.2, 0.25) is 5.02 Å². The number of amides is 1. The summed E-state index contributed by atoms with van der Waals surface area (Å²) in [6, 6.07) is 7.65. The van der Waals surface area contributed by atoms with Gasteiger partial charge in [-0.3, -0.25) is 9.89 Å².